The van der Waals surface area contributed by atoms with Crippen molar-refractivity contribution >= 4 is 72.3 Å². The lowest BCUT2D eigenvalue weighted by atomic mass is 10.2. The number of rotatable bonds is 9. The number of thiazole rings is 1. The summed E-state index contributed by atoms with van der Waals surface area (Å²) in [6.07, 6.45) is 0. The van der Waals surface area contributed by atoms with E-state index < -0.39 is 10.0 Å². The number of methoxy groups -OCH3 is 1. The topological polar surface area (TPSA) is 104 Å². The molecule has 0 radical (unpaired) electrons. The number of ether oxygens (including phenoxy) is 1. The summed E-state index contributed by atoms with van der Waals surface area (Å²) in [5.41, 5.74) is 1.68. The molecule has 0 spiro atoms. The largest absolute Gasteiger partial charge is 0.497 e. The molecule has 2 heterocycles. The molecule has 3 aromatic carbocycles. The number of nitrogens with one attached hydrogen (secondary N) is 2. The number of fused-ring (bicyclic) bond motifs is 1. The molecule has 9 nitrogen and oxygen atoms in total. The van der Waals surface area contributed by atoms with Gasteiger partial charge in [0.15, 0.2) is 5.13 Å². The molecule has 0 atom stereocenters. The smallest absolute Gasteiger partial charge is 0.261 e. The van der Waals surface area contributed by atoms with Crippen molar-refractivity contribution in [2.75, 3.05) is 56.0 Å². The van der Waals surface area contributed by atoms with Gasteiger partial charge in [0.05, 0.1) is 21.7 Å². The standard InChI is InChI=1S/C27H28ClN5O4S2.ClH/c1-37-21-9-11-22(12-10-21)39(35,36)31-20-7-5-19(6-8-20)26(34)29-13-14-32-15-17-33(18-16-32)27-30-25-23(28)3-2-4-24(25)38-27;/h2-12,31H,13-18H2,1H3,(H,29,34);1H. The highest BCUT2D eigenvalue weighted by Crippen LogP contribution is 2.33. The van der Waals surface area contributed by atoms with E-state index in [2.05, 4.69) is 19.8 Å². The summed E-state index contributed by atoms with van der Waals surface area (Å²) in [4.78, 5) is 22.0. The molecule has 0 saturated carbocycles. The van der Waals surface area contributed by atoms with Crippen LogP contribution in [0.15, 0.2) is 71.6 Å². The molecule has 4 aromatic rings. The Hall–Kier alpha value is -3.09. The monoisotopic (exact) mass is 621 g/mol. The highest BCUT2D eigenvalue weighted by atomic mass is 35.5. The molecule has 212 valence electrons. The Balaban J connectivity index is 0.00000370. The Morgan fingerprint density at radius 1 is 1.02 bits per heavy atom. The summed E-state index contributed by atoms with van der Waals surface area (Å²) in [7, 11) is -2.24. The molecule has 40 heavy (non-hydrogen) atoms. The summed E-state index contributed by atoms with van der Waals surface area (Å²) in [6.45, 7) is 4.73. The molecule has 5 rings (SSSR count). The van der Waals surface area contributed by atoms with E-state index in [1.54, 1.807) is 47.7 Å². The maximum absolute atomic E-state index is 12.6. The zero-order valence-corrected chi connectivity index (χ0v) is 24.9. The van der Waals surface area contributed by atoms with Crippen LogP contribution in [0.1, 0.15) is 10.4 Å². The first-order valence-electron chi connectivity index (χ1n) is 12.4. The predicted molar refractivity (Wildman–Crippen MR) is 163 cm³/mol. The SMILES string of the molecule is COc1ccc(S(=O)(=O)Nc2ccc(C(=O)NCCN3CCN(c4nc5c(Cl)cccc5s4)CC3)cc2)cc1.Cl. The lowest BCUT2D eigenvalue weighted by Gasteiger charge is -2.34. The van der Waals surface area contributed by atoms with E-state index in [9.17, 15) is 13.2 Å². The normalized spacial score (nSPS) is 14.0. The zero-order chi connectivity index (χ0) is 27.4. The van der Waals surface area contributed by atoms with Crippen LogP contribution < -0.4 is 19.7 Å². The summed E-state index contributed by atoms with van der Waals surface area (Å²) in [5.74, 6) is 0.367. The van der Waals surface area contributed by atoms with Gasteiger partial charge in [-0.05, 0) is 60.7 Å². The van der Waals surface area contributed by atoms with Crippen LogP contribution in [0.25, 0.3) is 10.2 Å². The summed E-state index contributed by atoms with van der Waals surface area (Å²) >= 11 is 7.93. The molecule has 1 aliphatic rings. The van der Waals surface area contributed by atoms with Crippen molar-refractivity contribution in [2.45, 2.75) is 4.90 Å². The molecule has 1 saturated heterocycles. The van der Waals surface area contributed by atoms with Gasteiger partial charge < -0.3 is 15.0 Å². The van der Waals surface area contributed by atoms with Gasteiger partial charge in [-0.3, -0.25) is 14.4 Å². The maximum atomic E-state index is 12.6. The van der Waals surface area contributed by atoms with E-state index in [0.29, 0.717) is 28.6 Å². The van der Waals surface area contributed by atoms with E-state index in [1.807, 2.05) is 18.2 Å². The molecule has 0 bridgehead atoms. The quantitative estimate of drug-likeness (QED) is 0.278. The molecule has 2 N–H and O–H groups in total. The number of hydrogen-bond acceptors (Lipinski definition) is 8. The van der Waals surface area contributed by atoms with E-state index in [-0.39, 0.29) is 23.2 Å². The van der Waals surface area contributed by atoms with Gasteiger partial charge in [-0.25, -0.2) is 13.4 Å². The number of nitrogens with zero attached hydrogens (tertiary/aromatic N) is 3. The summed E-state index contributed by atoms with van der Waals surface area (Å²) in [6, 6.07) is 18.3. The van der Waals surface area contributed by atoms with Gasteiger partial charge in [0, 0.05) is 50.5 Å². The van der Waals surface area contributed by atoms with Gasteiger partial charge in [0.1, 0.15) is 11.3 Å². The lowest BCUT2D eigenvalue weighted by Crippen LogP contribution is -2.48. The second-order valence-corrected chi connectivity index (χ2v) is 12.1. The third-order valence-corrected chi connectivity index (χ3v) is 9.27. The first-order valence-corrected chi connectivity index (χ1v) is 15.1. The first kappa shape index (κ1) is 29.9. The number of benzene rings is 3. The van der Waals surface area contributed by atoms with Gasteiger partial charge in [0.25, 0.3) is 15.9 Å². The van der Waals surface area contributed by atoms with Crippen molar-refractivity contribution in [3.05, 3.63) is 77.3 Å². The van der Waals surface area contributed by atoms with Crippen LogP contribution in [-0.4, -0.2) is 70.6 Å². The number of carbonyl (C=O) groups is 1. The maximum Gasteiger partial charge on any atom is 0.261 e. The highest BCUT2D eigenvalue weighted by Gasteiger charge is 2.20. The number of sulfonamides is 1. The van der Waals surface area contributed by atoms with Crippen LogP contribution >= 0.6 is 35.3 Å². The summed E-state index contributed by atoms with van der Waals surface area (Å²) in [5, 5.41) is 4.61. The Labute approximate surface area is 248 Å². The van der Waals surface area contributed by atoms with Gasteiger partial charge in [-0.1, -0.05) is 29.0 Å². The molecule has 13 heteroatoms. The fraction of sp³-hybridized carbons (Fsp3) is 0.259. The first-order chi connectivity index (χ1) is 18.8. The average Bonchev–Trinajstić information content (AvgIpc) is 3.39. The number of para-hydroxylation sites is 1. The number of anilines is 2. The molecule has 1 fully saturated rings. The number of amides is 1. The van der Waals surface area contributed by atoms with Crippen molar-refractivity contribution in [2.24, 2.45) is 0 Å². The average molecular weight is 623 g/mol. The van der Waals surface area contributed by atoms with Crippen molar-refractivity contribution in [1.82, 2.24) is 15.2 Å². The Kier molecular flexibility index (Phi) is 9.75. The van der Waals surface area contributed by atoms with Crippen LogP contribution in [0.2, 0.25) is 5.02 Å². The molecule has 0 aliphatic carbocycles. The minimum absolute atomic E-state index is 0. The van der Waals surface area contributed by atoms with Crippen molar-refractivity contribution < 1.29 is 17.9 Å². The minimum atomic E-state index is -3.75. The van der Waals surface area contributed by atoms with Crippen LogP contribution in [0.4, 0.5) is 10.8 Å². The fourth-order valence-corrected chi connectivity index (χ4v) is 6.67. The molecular formula is C27H29Cl2N5O4S2. The number of carbonyl (C=O) groups excluding carboxylic acids is 1. The van der Waals surface area contributed by atoms with Crippen LogP contribution in [-0.2, 0) is 10.0 Å². The Morgan fingerprint density at radius 3 is 2.38 bits per heavy atom. The van der Waals surface area contributed by atoms with Gasteiger partial charge in [-0.15, -0.1) is 12.4 Å². The third kappa shape index (κ3) is 6.97. The second kappa shape index (κ2) is 13.0. The molecule has 1 amide bonds. The van der Waals surface area contributed by atoms with Crippen molar-refractivity contribution in [1.29, 1.82) is 0 Å². The van der Waals surface area contributed by atoms with Crippen LogP contribution in [0.5, 0.6) is 5.75 Å². The fourth-order valence-electron chi connectivity index (χ4n) is 4.29. The van der Waals surface area contributed by atoms with E-state index in [1.165, 1.54) is 19.2 Å². The van der Waals surface area contributed by atoms with Crippen molar-refractivity contribution in [3.63, 3.8) is 0 Å². The third-order valence-electron chi connectivity index (χ3n) is 6.48. The summed E-state index contributed by atoms with van der Waals surface area (Å²) < 4.78 is 33.9. The Bertz CT molecular complexity index is 1560. The number of aromatic nitrogens is 1. The van der Waals surface area contributed by atoms with Gasteiger partial charge >= 0.3 is 0 Å². The number of hydrogen-bond donors (Lipinski definition) is 2. The van der Waals surface area contributed by atoms with Crippen molar-refractivity contribution in [3.8, 4) is 5.75 Å². The minimum Gasteiger partial charge on any atom is -0.497 e. The van der Waals surface area contributed by atoms with Crippen LogP contribution in [0.3, 0.4) is 0 Å². The van der Waals surface area contributed by atoms with E-state index in [4.69, 9.17) is 21.3 Å². The van der Waals surface area contributed by atoms with Gasteiger partial charge in [0.2, 0.25) is 0 Å². The molecular weight excluding hydrogens is 593 g/mol. The predicted octanol–water partition coefficient (Wildman–Crippen LogP) is 4.73. The second-order valence-electron chi connectivity index (χ2n) is 9.03. The highest BCUT2D eigenvalue weighted by molar-refractivity contribution is 7.92. The molecule has 0 unspecified atom stereocenters. The van der Waals surface area contributed by atoms with E-state index >= 15 is 0 Å². The number of halogens is 2. The Morgan fingerprint density at radius 2 is 1.73 bits per heavy atom. The van der Waals surface area contributed by atoms with Gasteiger partial charge in [-0.2, -0.15) is 0 Å². The molecule has 1 aliphatic heterocycles. The lowest BCUT2D eigenvalue weighted by molar-refractivity contribution is 0.0948. The van der Waals surface area contributed by atoms with E-state index in [0.717, 1.165) is 48.1 Å². The molecule has 1 aromatic heterocycles. The zero-order valence-electron chi connectivity index (χ0n) is 21.7. The van der Waals surface area contributed by atoms with Crippen LogP contribution in [0, 0.1) is 0 Å². The number of piperazine rings is 1.